The second-order valence-corrected chi connectivity index (χ2v) is 6.77. The third kappa shape index (κ3) is 4.78. The number of piperidine rings is 1. The highest BCUT2D eigenvalue weighted by atomic mass is 32.1. The quantitative estimate of drug-likeness (QED) is 0.509. The van der Waals surface area contributed by atoms with Gasteiger partial charge in [0.2, 0.25) is 0 Å². The van der Waals surface area contributed by atoms with Crippen molar-refractivity contribution in [2.24, 2.45) is 16.8 Å². The third-order valence-electron chi connectivity index (χ3n) is 4.35. The fraction of sp³-hybridized carbons (Fsp3) is 0.529. The lowest BCUT2D eigenvalue weighted by Crippen LogP contribution is -2.32. The molecule has 1 aliphatic heterocycles. The van der Waals surface area contributed by atoms with Crippen LogP contribution in [-0.2, 0) is 6.54 Å². The Bertz CT molecular complexity index is 560. The number of benzene rings is 1. The zero-order valence-electron chi connectivity index (χ0n) is 13.7. The average molecular weight is 318 g/mol. The number of nitrogens with two attached hydrogens (primary N) is 1. The molecule has 0 radical (unpaired) electrons. The molecule has 22 heavy (non-hydrogen) atoms. The number of nitrogens with one attached hydrogen (secondary N) is 1. The number of likely N-dealkylation sites (tertiary alicyclic amines) is 1. The monoisotopic (exact) mass is 318 g/mol. The van der Waals surface area contributed by atoms with Gasteiger partial charge in [-0.15, -0.1) is 0 Å². The van der Waals surface area contributed by atoms with Gasteiger partial charge in [-0.05, 0) is 74.6 Å². The summed E-state index contributed by atoms with van der Waals surface area (Å²) in [6.45, 7) is 10.0. The Labute approximate surface area is 138 Å². The molecule has 2 rings (SSSR count). The maximum atomic E-state index is 5.39. The van der Waals surface area contributed by atoms with E-state index in [1.165, 1.54) is 42.6 Å². The van der Waals surface area contributed by atoms with E-state index in [0.29, 0.717) is 0 Å². The molecule has 0 bridgehead atoms. The van der Waals surface area contributed by atoms with Gasteiger partial charge >= 0.3 is 0 Å². The first-order chi connectivity index (χ1) is 10.5. The molecule has 0 saturated carbocycles. The zero-order valence-corrected chi connectivity index (χ0v) is 14.5. The van der Waals surface area contributed by atoms with Crippen molar-refractivity contribution in [1.29, 1.82) is 0 Å². The first-order valence-electron chi connectivity index (χ1n) is 7.86. The Balaban J connectivity index is 2.12. The molecule has 0 aliphatic carbocycles. The molecule has 1 fully saturated rings. The highest BCUT2D eigenvalue weighted by Crippen LogP contribution is 2.21. The van der Waals surface area contributed by atoms with E-state index < -0.39 is 0 Å². The van der Waals surface area contributed by atoms with Crippen LogP contribution in [0, 0.1) is 19.8 Å². The Morgan fingerprint density at radius 2 is 2.09 bits per heavy atom. The summed E-state index contributed by atoms with van der Waals surface area (Å²) in [7, 11) is 0. The Morgan fingerprint density at radius 1 is 1.41 bits per heavy atom. The Morgan fingerprint density at radius 3 is 2.73 bits per heavy atom. The lowest BCUT2D eigenvalue weighted by Gasteiger charge is -2.30. The molecular weight excluding hydrogens is 292 g/mol. The van der Waals surface area contributed by atoms with E-state index in [1.54, 1.807) is 6.21 Å². The summed E-state index contributed by atoms with van der Waals surface area (Å²) in [5, 5.41) is 4.27. The van der Waals surface area contributed by atoms with Gasteiger partial charge in [-0.2, -0.15) is 5.10 Å². The van der Waals surface area contributed by atoms with Crippen LogP contribution in [0.5, 0.6) is 0 Å². The van der Waals surface area contributed by atoms with Crippen LogP contribution in [0.2, 0.25) is 0 Å². The first-order valence-corrected chi connectivity index (χ1v) is 8.27. The number of nitrogens with zero attached hydrogens (tertiary/aromatic N) is 2. The molecule has 0 unspecified atom stereocenters. The van der Waals surface area contributed by atoms with Crippen LogP contribution in [0.4, 0.5) is 0 Å². The van der Waals surface area contributed by atoms with Gasteiger partial charge in [-0.25, -0.2) is 0 Å². The summed E-state index contributed by atoms with van der Waals surface area (Å²) >= 11 is 4.76. The Kier molecular flexibility index (Phi) is 5.91. The van der Waals surface area contributed by atoms with Crippen molar-refractivity contribution < 1.29 is 0 Å². The topological polar surface area (TPSA) is 53.6 Å². The molecule has 0 amide bonds. The summed E-state index contributed by atoms with van der Waals surface area (Å²) in [4.78, 5) is 2.55. The maximum Gasteiger partial charge on any atom is 0.184 e. The molecule has 3 N–H and O–H groups in total. The molecule has 4 nitrogen and oxygen atoms in total. The lowest BCUT2D eigenvalue weighted by atomic mass is 9.96. The van der Waals surface area contributed by atoms with Crippen LogP contribution < -0.4 is 11.2 Å². The molecule has 1 aliphatic rings. The largest absolute Gasteiger partial charge is 0.375 e. The fourth-order valence-electron chi connectivity index (χ4n) is 2.89. The molecule has 5 heteroatoms. The minimum absolute atomic E-state index is 0.184. The number of hydrogen-bond donors (Lipinski definition) is 2. The van der Waals surface area contributed by atoms with Gasteiger partial charge in [0.15, 0.2) is 5.11 Å². The highest BCUT2D eigenvalue weighted by Gasteiger charge is 2.17. The zero-order chi connectivity index (χ0) is 16.1. The average Bonchev–Trinajstić information content (AvgIpc) is 2.45. The molecule has 0 atom stereocenters. The summed E-state index contributed by atoms with van der Waals surface area (Å²) in [5.41, 5.74) is 13.0. The van der Waals surface area contributed by atoms with Crippen molar-refractivity contribution >= 4 is 23.5 Å². The normalized spacial score (nSPS) is 17.0. The van der Waals surface area contributed by atoms with Gasteiger partial charge in [0.05, 0.1) is 6.21 Å². The summed E-state index contributed by atoms with van der Waals surface area (Å²) in [6, 6.07) is 4.42. The molecule has 120 valence electrons. The van der Waals surface area contributed by atoms with E-state index in [9.17, 15) is 0 Å². The molecule has 1 aromatic rings. The minimum Gasteiger partial charge on any atom is -0.375 e. The van der Waals surface area contributed by atoms with E-state index in [-0.39, 0.29) is 5.11 Å². The lowest BCUT2D eigenvalue weighted by molar-refractivity contribution is 0.185. The predicted octanol–water partition coefficient (Wildman–Crippen LogP) is 2.70. The molecule has 1 heterocycles. The van der Waals surface area contributed by atoms with Crippen molar-refractivity contribution in [3.8, 4) is 0 Å². The molecular formula is C17H26N4S. The fourth-order valence-corrected chi connectivity index (χ4v) is 2.94. The predicted molar refractivity (Wildman–Crippen MR) is 97.1 cm³/mol. The SMILES string of the molecule is Cc1cc(C=NNC(N)=S)c(C)c(CN2CCC(C)CC2)c1. The van der Waals surface area contributed by atoms with Crippen LogP contribution in [0.15, 0.2) is 17.2 Å². The second-order valence-electron chi connectivity index (χ2n) is 6.33. The number of hydrogen-bond acceptors (Lipinski definition) is 3. The molecule has 1 aromatic carbocycles. The standard InChI is InChI=1S/C17H26N4S/c1-12-4-6-21(7-5-12)11-16-9-13(2)8-15(14(16)3)10-19-20-17(18)22/h8-10,12H,4-7,11H2,1-3H3,(H3,18,20,22). The summed E-state index contributed by atoms with van der Waals surface area (Å²) < 4.78 is 0. The van der Waals surface area contributed by atoms with Crippen LogP contribution in [0.25, 0.3) is 0 Å². The molecule has 0 spiro atoms. The van der Waals surface area contributed by atoms with Gasteiger partial charge in [0.1, 0.15) is 0 Å². The summed E-state index contributed by atoms with van der Waals surface area (Å²) in [6.07, 6.45) is 4.40. The molecule has 1 saturated heterocycles. The van der Waals surface area contributed by atoms with Gasteiger partial charge in [0.25, 0.3) is 0 Å². The number of rotatable bonds is 4. The second kappa shape index (κ2) is 7.70. The van der Waals surface area contributed by atoms with Crippen molar-refractivity contribution in [3.63, 3.8) is 0 Å². The Hall–Kier alpha value is -1.46. The minimum atomic E-state index is 0.184. The highest BCUT2D eigenvalue weighted by molar-refractivity contribution is 7.80. The third-order valence-corrected chi connectivity index (χ3v) is 4.44. The van der Waals surface area contributed by atoms with Crippen molar-refractivity contribution in [2.75, 3.05) is 13.1 Å². The van der Waals surface area contributed by atoms with E-state index in [1.807, 2.05) is 0 Å². The van der Waals surface area contributed by atoms with Gasteiger partial charge in [-0.3, -0.25) is 10.3 Å². The number of aryl methyl sites for hydroxylation is 1. The van der Waals surface area contributed by atoms with Crippen LogP contribution in [0.1, 0.15) is 42.0 Å². The van der Waals surface area contributed by atoms with Crippen molar-refractivity contribution in [2.45, 2.75) is 40.2 Å². The number of thiocarbonyl (C=S) groups is 1. The van der Waals surface area contributed by atoms with Gasteiger partial charge in [-0.1, -0.05) is 24.6 Å². The molecule has 0 aromatic heterocycles. The number of hydrazone groups is 1. The van der Waals surface area contributed by atoms with E-state index >= 15 is 0 Å². The first kappa shape index (κ1) is 16.9. The van der Waals surface area contributed by atoms with E-state index in [2.05, 4.69) is 48.3 Å². The maximum absolute atomic E-state index is 5.39. The van der Waals surface area contributed by atoms with Crippen molar-refractivity contribution in [1.82, 2.24) is 10.3 Å². The van der Waals surface area contributed by atoms with Crippen LogP contribution >= 0.6 is 12.2 Å². The summed E-state index contributed by atoms with van der Waals surface area (Å²) in [5.74, 6) is 0.865. The van der Waals surface area contributed by atoms with Crippen LogP contribution in [0.3, 0.4) is 0 Å². The van der Waals surface area contributed by atoms with E-state index in [0.717, 1.165) is 18.0 Å². The van der Waals surface area contributed by atoms with Gasteiger partial charge in [0, 0.05) is 6.54 Å². The van der Waals surface area contributed by atoms with Gasteiger partial charge < -0.3 is 5.73 Å². The van der Waals surface area contributed by atoms with E-state index in [4.69, 9.17) is 18.0 Å². The van der Waals surface area contributed by atoms with Crippen molar-refractivity contribution in [3.05, 3.63) is 34.4 Å². The smallest absolute Gasteiger partial charge is 0.184 e. The van der Waals surface area contributed by atoms with Crippen LogP contribution in [-0.4, -0.2) is 29.3 Å².